The van der Waals surface area contributed by atoms with Gasteiger partial charge >= 0.3 is 0 Å². The van der Waals surface area contributed by atoms with E-state index in [4.69, 9.17) is 16.3 Å². The Bertz CT molecular complexity index is 998. The Kier molecular flexibility index (Phi) is 7.47. The van der Waals surface area contributed by atoms with Crippen molar-refractivity contribution in [3.8, 4) is 5.75 Å². The molecule has 0 saturated carbocycles. The molecule has 0 aliphatic heterocycles. The second-order valence-corrected chi connectivity index (χ2v) is 6.50. The summed E-state index contributed by atoms with van der Waals surface area (Å²) in [5, 5.41) is 1.69. The number of carbonyl (C=O) groups is 1. The van der Waals surface area contributed by atoms with Crippen LogP contribution in [0.4, 0.5) is 0 Å². The fourth-order valence-corrected chi connectivity index (χ4v) is 3.45. The van der Waals surface area contributed by atoms with Crippen molar-refractivity contribution in [3.05, 3.63) is 69.9 Å². The number of carbonyl (C=O) groups excluding carboxylic acids is 1. The molecule has 0 spiro atoms. The van der Waals surface area contributed by atoms with Gasteiger partial charge in [0, 0.05) is 16.0 Å². The zero-order valence-electron chi connectivity index (χ0n) is 17.5. The normalized spacial score (nSPS) is 11.6. The molecule has 0 fully saturated rings. The van der Waals surface area contributed by atoms with Gasteiger partial charge in [-0.05, 0) is 67.4 Å². The Balaban J connectivity index is 0.000000660. The smallest absolute Gasteiger partial charge is 0.262 e. The Morgan fingerprint density at radius 1 is 1.04 bits per heavy atom. The van der Waals surface area contributed by atoms with E-state index in [-0.39, 0.29) is 5.91 Å². The maximum Gasteiger partial charge on any atom is 0.262 e. The van der Waals surface area contributed by atoms with Crippen molar-refractivity contribution in [2.45, 2.75) is 41.0 Å². The van der Waals surface area contributed by atoms with Crippen LogP contribution in [0, 0.1) is 0 Å². The van der Waals surface area contributed by atoms with Gasteiger partial charge in [0.05, 0.1) is 18.3 Å². The van der Waals surface area contributed by atoms with E-state index < -0.39 is 0 Å². The van der Waals surface area contributed by atoms with Crippen LogP contribution in [0.1, 0.15) is 56.2 Å². The third kappa shape index (κ3) is 4.00. The molecule has 0 unspecified atom stereocenters. The Labute approximate surface area is 172 Å². The molecule has 0 atom stereocenters. The van der Waals surface area contributed by atoms with Crippen LogP contribution in [0.5, 0.6) is 5.75 Å². The quantitative estimate of drug-likeness (QED) is 0.466. The van der Waals surface area contributed by atoms with Crippen LogP contribution < -0.4 is 4.74 Å². The molecular formula is C24H28ClNO2. The van der Waals surface area contributed by atoms with Crippen LogP contribution in [-0.2, 0) is 6.42 Å². The van der Waals surface area contributed by atoms with Crippen molar-refractivity contribution in [1.29, 1.82) is 0 Å². The molecule has 2 aromatic carbocycles. The number of ether oxygens (including phenoxy) is 1. The average Bonchev–Trinajstić information content (AvgIpc) is 3.25. The minimum Gasteiger partial charge on any atom is -0.497 e. The number of benzene rings is 2. The van der Waals surface area contributed by atoms with E-state index in [2.05, 4.69) is 13.0 Å². The number of aromatic nitrogens is 1. The molecule has 3 nitrogen and oxygen atoms in total. The first-order valence-corrected chi connectivity index (χ1v) is 10.1. The molecule has 1 aliphatic carbocycles. The summed E-state index contributed by atoms with van der Waals surface area (Å²) in [4.78, 5) is 13.1. The highest BCUT2D eigenvalue weighted by molar-refractivity contribution is 6.30. The number of rotatable bonds is 2. The fourth-order valence-electron chi connectivity index (χ4n) is 3.32. The zero-order valence-corrected chi connectivity index (χ0v) is 18.2. The fraction of sp³-hybridized carbons (Fsp3) is 0.292. The number of methoxy groups -OCH3 is 1. The van der Waals surface area contributed by atoms with Crippen molar-refractivity contribution in [3.63, 3.8) is 0 Å². The van der Waals surface area contributed by atoms with Gasteiger partial charge in [0.2, 0.25) is 0 Å². The molecule has 1 aromatic heterocycles. The van der Waals surface area contributed by atoms with Crippen molar-refractivity contribution in [2.24, 2.45) is 0 Å². The molecule has 1 heterocycles. The lowest BCUT2D eigenvalue weighted by Gasteiger charge is -2.08. The van der Waals surface area contributed by atoms with Crippen molar-refractivity contribution < 1.29 is 9.53 Å². The van der Waals surface area contributed by atoms with Gasteiger partial charge in [0.15, 0.2) is 0 Å². The second-order valence-electron chi connectivity index (χ2n) is 6.06. The second kappa shape index (κ2) is 9.61. The minimum absolute atomic E-state index is 0.0472. The minimum atomic E-state index is -0.0472. The topological polar surface area (TPSA) is 31.2 Å². The highest BCUT2D eigenvalue weighted by Gasteiger charge is 2.24. The van der Waals surface area contributed by atoms with Crippen LogP contribution in [0.15, 0.2) is 48.0 Å². The molecule has 4 rings (SSSR count). The van der Waals surface area contributed by atoms with Gasteiger partial charge in [-0.1, -0.05) is 44.9 Å². The summed E-state index contributed by atoms with van der Waals surface area (Å²) in [7, 11) is 1.65. The molecule has 1 aliphatic rings. The maximum absolute atomic E-state index is 13.1. The van der Waals surface area contributed by atoms with Gasteiger partial charge < -0.3 is 4.74 Å². The zero-order chi connectivity index (χ0) is 20.8. The number of allylic oxidation sites excluding steroid dienone is 1. The standard InChI is InChI=1S/C20H16ClNO2.2C2H6/c1-12-9-16-17-11-15(24-2)7-8-18(17)22(19(16)10-12)20(23)13-3-5-14(21)6-4-13;2*1-2/h3-8,10-11H,9H2,1-2H3;2*1-2H3. The number of halogens is 1. The van der Waals surface area contributed by atoms with Gasteiger partial charge in [-0.3, -0.25) is 9.36 Å². The van der Waals surface area contributed by atoms with Gasteiger partial charge in [-0.15, -0.1) is 0 Å². The van der Waals surface area contributed by atoms with Gasteiger partial charge in [-0.25, -0.2) is 0 Å². The predicted octanol–water partition coefficient (Wildman–Crippen LogP) is 7.00. The molecule has 0 radical (unpaired) electrons. The summed E-state index contributed by atoms with van der Waals surface area (Å²) in [6.45, 7) is 10.1. The summed E-state index contributed by atoms with van der Waals surface area (Å²) in [6, 6.07) is 12.8. The van der Waals surface area contributed by atoms with Crippen LogP contribution >= 0.6 is 11.6 Å². The van der Waals surface area contributed by atoms with E-state index in [1.54, 1.807) is 35.9 Å². The molecule has 3 aromatic rings. The SMILES string of the molecule is CC.CC.COc1ccc2c(c1)c1c(n2C(=O)c2ccc(Cl)cc2)C=C(C)C1. The van der Waals surface area contributed by atoms with Gasteiger partial charge in [0.1, 0.15) is 5.75 Å². The van der Waals surface area contributed by atoms with Crippen LogP contribution in [0.25, 0.3) is 17.0 Å². The first-order valence-electron chi connectivity index (χ1n) is 9.77. The van der Waals surface area contributed by atoms with Crippen LogP contribution in [0.2, 0.25) is 5.02 Å². The molecule has 28 heavy (non-hydrogen) atoms. The van der Waals surface area contributed by atoms with Crippen LogP contribution in [0.3, 0.4) is 0 Å². The molecule has 0 N–H and O–H groups in total. The monoisotopic (exact) mass is 397 g/mol. The van der Waals surface area contributed by atoms with Crippen molar-refractivity contribution in [1.82, 2.24) is 4.57 Å². The summed E-state index contributed by atoms with van der Waals surface area (Å²) in [6.07, 6.45) is 2.95. The summed E-state index contributed by atoms with van der Waals surface area (Å²) in [5.74, 6) is 0.750. The Morgan fingerprint density at radius 3 is 2.29 bits per heavy atom. The van der Waals surface area contributed by atoms with E-state index in [1.807, 2.05) is 45.9 Å². The van der Waals surface area contributed by atoms with Crippen LogP contribution in [-0.4, -0.2) is 17.6 Å². The highest BCUT2D eigenvalue weighted by atomic mass is 35.5. The lowest BCUT2D eigenvalue weighted by atomic mass is 10.1. The summed E-state index contributed by atoms with van der Waals surface area (Å²) in [5.41, 5.74) is 4.93. The lowest BCUT2D eigenvalue weighted by molar-refractivity contribution is 0.0964. The number of fused-ring (bicyclic) bond motifs is 3. The van der Waals surface area contributed by atoms with E-state index in [9.17, 15) is 4.79 Å². The summed E-state index contributed by atoms with van der Waals surface area (Å²) < 4.78 is 7.15. The van der Waals surface area contributed by atoms with Crippen molar-refractivity contribution in [2.75, 3.05) is 7.11 Å². The molecule has 4 heteroatoms. The number of nitrogens with zero attached hydrogens (tertiary/aromatic N) is 1. The third-order valence-corrected chi connectivity index (χ3v) is 4.70. The Morgan fingerprint density at radius 2 is 1.68 bits per heavy atom. The molecule has 0 saturated heterocycles. The van der Waals surface area contributed by atoms with Gasteiger partial charge in [0.25, 0.3) is 5.91 Å². The highest BCUT2D eigenvalue weighted by Crippen LogP contribution is 2.36. The first kappa shape index (κ1) is 21.8. The molecule has 0 bridgehead atoms. The maximum atomic E-state index is 13.1. The van der Waals surface area contributed by atoms with Gasteiger partial charge in [-0.2, -0.15) is 0 Å². The average molecular weight is 398 g/mol. The van der Waals surface area contributed by atoms with E-state index in [0.717, 1.165) is 28.8 Å². The largest absolute Gasteiger partial charge is 0.497 e. The molecular weight excluding hydrogens is 370 g/mol. The number of hydrogen-bond donors (Lipinski definition) is 0. The van der Waals surface area contributed by atoms with Crippen molar-refractivity contribution >= 4 is 34.5 Å². The third-order valence-electron chi connectivity index (χ3n) is 4.45. The van der Waals surface area contributed by atoms with E-state index in [1.165, 1.54) is 11.1 Å². The summed E-state index contributed by atoms with van der Waals surface area (Å²) >= 11 is 5.94. The number of hydrogen-bond acceptors (Lipinski definition) is 2. The van der Waals surface area contributed by atoms with E-state index in [0.29, 0.717) is 10.6 Å². The Hall–Kier alpha value is -2.52. The molecule has 148 valence electrons. The predicted molar refractivity (Wildman–Crippen MR) is 120 cm³/mol. The lowest BCUT2D eigenvalue weighted by Crippen LogP contribution is -2.13. The molecule has 0 amide bonds. The first-order chi connectivity index (χ1) is 13.6. The van der Waals surface area contributed by atoms with E-state index >= 15 is 0 Å².